The van der Waals surface area contributed by atoms with Gasteiger partial charge in [0.05, 0.1) is 13.2 Å². The molecule has 3 aliphatic heterocycles. The van der Waals surface area contributed by atoms with Crippen molar-refractivity contribution < 1.29 is 44.9 Å². The SMILES string of the molecule is NC(N)=NC1(N)C=CN([C@@H]2O[C@H](CO)[C@@H](O)[C@H]2O)C(=O)N1.NC(N)=Nc1ccn([C@@H]2O[C@H](CO)[C@@H](O)[C@H]2O)c(=O)n1. The third kappa shape index (κ3) is 7.05. The van der Waals surface area contributed by atoms with E-state index in [1.54, 1.807) is 0 Å². The minimum atomic E-state index is -1.61. The summed E-state index contributed by atoms with van der Waals surface area (Å²) in [6.45, 7) is -0.980. The van der Waals surface area contributed by atoms with Crippen molar-refractivity contribution in [3.63, 3.8) is 0 Å². The predicted octanol–water partition coefficient (Wildman–Crippen LogP) is -7.39. The number of ether oxygens (including phenoxy) is 2. The zero-order chi connectivity index (χ0) is 30.6. The van der Waals surface area contributed by atoms with Crippen molar-refractivity contribution in [3.8, 4) is 0 Å². The van der Waals surface area contributed by atoms with Gasteiger partial charge >= 0.3 is 11.7 Å². The largest absolute Gasteiger partial charge is 0.394 e. The van der Waals surface area contributed by atoms with E-state index < -0.39 is 79.8 Å². The molecule has 1 aromatic rings. The molecule has 9 atom stereocenters. The van der Waals surface area contributed by atoms with E-state index in [-0.39, 0.29) is 17.7 Å². The summed E-state index contributed by atoms with van der Waals surface area (Å²) < 4.78 is 11.4. The predicted molar refractivity (Wildman–Crippen MR) is 137 cm³/mol. The second-order valence-corrected chi connectivity index (χ2v) is 8.99. The Hall–Kier alpha value is -3.93. The first kappa shape index (κ1) is 31.6. The smallest absolute Gasteiger partial charge is 0.351 e. The van der Waals surface area contributed by atoms with Crippen LogP contribution in [0, 0.1) is 0 Å². The zero-order valence-corrected chi connectivity index (χ0v) is 21.3. The number of hydrogen-bond donors (Lipinski definition) is 12. The highest BCUT2D eigenvalue weighted by Gasteiger charge is 2.48. The minimum Gasteiger partial charge on any atom is -0.394 e. The molecule has 3 aliphatic rings. The Morgan fingerprint density at radius 1 is 0.951 bits per heavy atom. The van der Waals surface area contributed by atoms with Crippen LogP contribution in [-0.4, -0.2) is 125 Å². The van der Waals surface area contributed by atoms with Crippen molar-refractivity contribution >= 4 is 23.8 Å². The van der Waals surface area contributed by atoms with Crippen LogP contribution < -0.4 is 39.7 Å². The molecule has 0 bridgehead atoms. The summed E-state index contributed by atoms with van der Waals surface area (Å²) in [6.07, 6.45) is -5.85. The Morgan fingerprint density at radius 2 is 1.51 bits per heavy atom. The average Bonchev–Trinajstić information content (AvgIpc) is 3.33. The van der Waals surface area contributed by atoms with Crippen LogP contribution in [0.25, 0.3) is 0 Å². The quantitative estimate of drug-likeness (QED) is 0.109. The van der Waals surface area contributed by atoms with E-state index in [0.29, 0.717) is 0 Å². The second-order valence-electron chi connectivity index (χ2n) is 8.99. The molecular formula is C20H33N11O10. The Morgan fingerprint density at radius 3 is 1.98 bits per heavy atom. The van der Waals surface area contributed by atoms with Crippen molar-refractivity contribution in [3.05, 3.63) is 35.0 Å². The van der Waals surface area contributed by atoms with E-state index in [1.807, 2.05) is 0 Å². The van der Waals surface area contributed by atoms with E-state index in [9.17, 15) is 30.0 Å². The monoisotopic (exact) mass is 587 g/mol. The highest BCUT2D eigenvalue weighted by molar-refractivity contribution is 5.80. The van der Waals surface area contributed by atoms with Crippen LogP contribution >= 0.6 is 0 Å². The first-order chi connectivity index (χ1) is 19.2. The van der Waals surface area contributed by atoms with Gasteiger partial charge < -0.3 is 63.0 Å². The zero-order valence-electron chi connectivity index (χ0n) is 21.3. The Labute approximate surface area is 230 Å². The number of carbonyl (C=O) groups is 1. The van der Waals surface area contributed by atoms with Gasteiger partial charge in [-0.15, -0.1) is 0 Å². The summed E-state index contributed by atoms with van der Waals surface area (Å²) in [7, 11) is 0. The van der Waals surface area contributed by atoms with E-state index in [4.69, 9.17) is 48.4 Å². The maximum Gasteiger partial charge on any atom is 0.351 e. The molecule has 41 heavy (non-hydrogen) atoms. The minimum absolute atomic E-state index is 0.0120. The molecule has 4 rings (SSSR count). The molecule has 2 saturated heterocycles. The third-order valence-corrected chi connectivity index (χ3v) is 5.99. The number of guanidine groups is 2. The van der Waals surface area contributed by atoms with Crippen LogP contribution in [0.15, 0.2) is 39.3 Å². The molecule has 228 valence electrons. The van der Waals surface area contributed by atoms with Gasteiger partial charge in [0.15, 0.2) is 30.2 Å². The molecule has 0 aromatic carbocycles. The summed E-state index contributed by atoms with van der Waals surface area (Å²) in [5.74, 6) is -2.16. The van der Waals surface area contributed by atoms with Gasteiger partial charge in [0.2, 0.25) is 5.79 Å². The number of urea groups is 1. The molecule has 4 heterocycles. The fourth-order valence-corrected chi connectivity index (χ4v) is 4.03. The lowest BCUT2D eigenvalue weighted by Crippen LogP contribution is -2.62. The first-order valence-electron chi connectivity index (χ1n) is 11.8. The topological polar surface area (TPSA) is 362 Å². The highest BCUT2D eigenvalue weighted by Crippen LogP contribution is 2.28. The van der Waals surface area contributed by atoms with E-state index in [2.05, 4.69) is 20.3 Å². The van der Waals surface area contributed by atoms with Crippen molar-refractivity contribution in [2.75, 3.05) is 13.2 Å². The standard InChI is InChI=1S/C10H18N6O5.C10H15N5O5/c11-8(12)14-10(13)1-2-16(9(20)15-10)7-6(19)5(18)4(3-17)21-7;11-9(12)13-5-1-2-15(10(19)14-5)8-7(18)6(17)4(3-16)20-8/h1-2,4-7,17-19H,3,13H2,(H,15,20)(H4,11,12,14);1-2,4,6-8,16-18H,3H2,(H4,11,12,13,14,19)/t4-,5-,6-,7-,10?;4-,6-,7-,8-/m11/s1. The molecule has 0 spiro atoms. The number of carbonyl (C=O) groups excluding carboxylic acids is 1. The Bertz CT molecular complexity index is 1240. The number of aliphatic hydroxyl groups is 6. The van der Waals surface area contributed by atoms with Gasteiger partial charge in [-0.1, -0.05) is 0 Å². The lowest BCUT2D eigenvalue weighted by atomic mass is 10.1. The Balaban J connectivity index is 0.000000226. The van der Waals surface area contributed by atoms with Crippen molar-refractivity contribution in [2.24, 2.45) is 38.7 Å². The molecule has 21 heteroatoms. The number of hydrogen-bond acceptors (Lipinski definition) is 14. The molecule has 21 nitrogen and oxygen atoms in total. The third-order valence-electron chi connectivity index (χ3n) is 5.99. The number of amides is 2. The second kappa shape index (κ2) is 12.7. The molecule has 17 N–H and O–H groups in total. The fraction of sp³-hybridized carbons (Fsp3) is 0.550. The molecule has 0 radical (unpaired) electrons. The molecule has 2 fully saturated rings. The van der Waals surface area contributed by atoms with E-state index in [1.165, 1.54) is 24.5 Å². The van der Waals surface area contributed by atoms with Crippen LogP contribution in [0.1, 0.15) is 6.23 Å². The molecular weight excluding hydrogens is 554 g/mol. The molecule has 0 aliphatic carbocycles. The van der Waals surface area contributed by atoms with Crippen molar-refractivity contribution in [1.29, 1.82) is 0 Å². The highest BCUT2D eigenvalue weighted by atomic mass is 16.6. The number of aliphatic hydroxyl groups excluding tert-OH is 6. The van der Waals surface area contributed by atoms with Gasteiger partial charge in [-0.05, 0) is 12.1 Å². The molecule has 1 unspecified atom stereocenters. The van der Waals surface area contributed by atoms with E-state index >= 15 is 0 Å². The van der Waals surface area contributed by atoms with Crippen LogP contribution in [0.2, 0.25) is 0 Å². The van der Waals surface area contributed by atoms with Crippen LogP contribution in [0.5, 0.6) is 0 Å². The van der Waals surface area contributed by atoms with Gasteiger partial charge in [-0.2, -0.15) is 9.98 Å². The number of aliphatic imine (C=N–C) groups is 2. The van der Waals surface area contributed by atoms with Crippen LogP contribution in [0.3, 0.4) is 0 Å². The summed E-state index contributed by atoms with van der Waals surface area (Å²) in [5, 5.41) is 59.3. The lowest BCUT2D eigenvalue weighted by molar-refractivity contribution is -0.0668. The van der Waals surface area contributed by atoms with Gasteiger partial charge in [0.25, 0.3) is 0 Å². The van der Waals surface area contributed by atoms with Gasteiger partial charge in [0.1, 0.15) is 36.6 Å². The number of rotatable bonds is 6. The van der Waals surface area contributed by atoms with Gasteiger partial charge in [-0.25, -0.2) is 14.6 Å². The number of nitrogens with zero attached hydrogens (tertiary/aromatic N) is 5. The first-order valence-corrected chi connectivity index (χ1v) is 11.8. The number of nitrogens with one attached hydrogen (secondary N) is 1. The fourth-order valence-electron chi connectivity index (χ4n) is 4.03. The summed E-state index contributed by atoms with van der Waals surface area (Å²) in [6, 6.07) is 0.607. The molecule has 0 saturated carbocycles. The van der Waals surface area contributed by atoms with Gasteiger partial charge in [-0.3, -0.25) is 20.5 Å². The maximum atomic E-state index is 12.0. The van der Waals surface area contributed by atoms with Gasteiger partial charge in [0, 0.05) is 12.4 Å². The summed E-state index contributed by atoms with van der Waals surface area (Å²) in [5.41, 5.74) is 25.7. The number of nitrogens with two attached hydrogens (primary N) is 5. The average molecular weight is 588 g/mol. The van der Waals surface area contributed by atoms with Crippen molar-refractivity contribution in [1.82, 2.24) is 19.8 Å². The van der Waals surface area contributed by atoms with Crippen LogP contribution in [0.4, 0.5) is 10.6 Å². The Kier molecular flexibility index (Phi) is 9.80. The summed E-state index contributed by atoms with van der Waals surface area (Å²) >= 11 is 0. The van der Waals surface area contributed by atoms with E-state index in [0.717, 1.165) is 9.47 Å². The van der Waals surface area contributed by atoms with Crippen LogP contribution in [-0.2, 0) is 9.47 Å². The number of aromatic nitrogens is 2. The normalized spacial score (nSPS) is 34.4. The lowest BCUT2D eigenvalue weighted by Gasteiger charge is -2.35. The molecule has 1 aromatic heterocycles. The van der Waals surface area contributed by atoms with Crippen molar-refractivity contribution in [2.45, 2.75) is 54.9 Å². The maximum absolute atomic E-state index is 12.0. The molecule has 2 amide bonds. The summed E-state index contributed by atoms with van der Waals surface area (Å²) in [4.78, 5) is 35.7.